The van der Waals surface area contributed by atoms with E-state index in [4.69, 9.17) is 10.5 Å². The van der Waals surface area contributed by atoms with E-state index >= 15 is 0 Å². The van der Waals surface area contributed by atoms with Gasteiger partial charge in [0.15, 0.2) is 0 Å². The van der Waals surface area contributed by atoms with E-state index in [0.29, 0.717) is 18.2 Å². The standard InChI is InChI=1S/C13H18N2O2/c14-13(16)12-4-2-1-3-10(12)9-15-11-5-7-17-8-6-11/h1-4,11,15H,5-9H2,(H2,14,16). The van der Waals surface area contributed by atoms with Crippen LogP contribution in [-0.2, 0) is 11.3 Å². The normalized spacial score (nSPS) is 16.9. The molecule has 0 spiro atoms. The van der Waals surface area contributed by atoms with Crippen LogP contribution in [0.3, 0.4) is 0 Å². The molecule has 1 aromatic carbocycles. The Balaban J connectivity index is 1.96. The molecule has 1 aliphatic heterocycles. The minimum absolute atomic E-state index is 0.366. The number of nitrogens with one attached hydrogen (secondary N) is 1. The van der Waals surface area contributed by atoms with E-state index in [-0.39, 0.29) is 5.91 Å². The van der Waals surface area contributed by atoms with Crippen molar-refractivity contribution in [2.24, 2.45) is 5.73 Å². The molecule has 0 atom stereocenters. The largest absolute Gasteiger partial charge is 0.381 e. The van der Waals surface area contributed by atoms with Crippen LogP contribution in [0.4, 0.5) is 0 Å². The lowest BCUT2D eigenvalue weighted by Gasteiger charge is -2.23. The number of hydrogen-bond acceptors (Lipinski definition) is 3. The van der Waals surface area contributed by atoms with Crippen LogP contribution in [0, 0.1) is 0 Å². The molecule has 1 saturated heterocycles. The molecule has 17 heavy (non-hydrogen) atoms. The van der Waals surface area contributed by atoms with E-state index in [1.807, 2.05) is 18.2 Å². The van der Waals surface area contributed by atoms with E-state index in [2.05, 4.69) is 5.32 Å². The second kappa shape index (κ2) is 5.80. The molecule has 1 aliphatic rings. The van der Waals surface area contributed by atoms with Gasteiger partial charge in [0.2, 0.25) is 5.91 Å². The second-order valence-electron chi connectivity index (χ2n) is 4.29. The summed E-state index contributed by atoms with van der Waals surface area (Å²) in [4.78, 5) is 11.2. The van der Waals surface area contributed by atoms with Gasteiger partial charge in [0.05, 0.1) is 0 Å². The van der Waals surface area contributed by atoms with Crippen LogP contribution in [0.15, 0.2) is 24.3 Å². The summed E-state index contributed by atoms with van der Waals surface area (Å²) >= 11 is 0. The first-order chi connectivity index (χ1) is 8.27. The molecule has 92 valence electrons. The van der Waals surface area contributed by atoms with Gasteiger partial charge in [-0.2, -0.15) is 0 Å². The highest BCUT2D eigenvalue weighted by molar-refractivity contribution is 5.94. The van der Waals surface area contributed by atoms with Crippen molar-refractivity contribution in [3.63, 3.8) is 0 Å². The molecule has 3 N–H and O–H groups in total. The predicted octanol–water partition coefficient (Wildman–Crippen LogP) is 1.05. The summed E-state index contributed by atoms with van der Waals surface area (Å²) in [6, 6.07) is 7.94. The fourth-order valence-electron chi connectivity index (χ4n) is 2.07. The molecule has 0 radical (unpaired) electrons. The smallest absolute Gasteiger partial charge is 0.249 e. The molecule has 1 aromatic rings. The van der Waals surface area contributed by atoms with Crippen molar-refractivity contribution in [2.75, 3.05) is 13.2 Å². The molecular formula is C13H18N2O2. The molecule has 1 heterocycles. The Bertz CT molecular complexity index is 387. The van der Waals surface area contributed by atoms with Crippen LogP contribution in [-0.4, -0.2) is 25.2 Å². The average Bonchev–Trinajstić information content (AvgIpc) is 2.38. The van der Waals surface area contributed by atoms with E-state index < -0.39 is 0 Å². The Hall–Kier alpha value is -1.39. The third-order valence-corrected chi connectivity index (χ3v) is 3.09. The highest BCUT2D eigenvalue weighted by Crippen LogP contribution is 2.11. The van der Waals surface area contributed by atoms with Gasteiger partial charge in [-0.25, -0.2) is 0 Å². The summed E-state index contributed by atoms with van der Waals surface area (Å²) in [5.41, 5.74) is 6.90. The van der Waals surface area contributed by atoms with Crippen LogP contribution < -0.4 is 11.1 Å². The third kappa shape index (κ3) is 3.28. The lowest BCUT2D eigenvalue weighted by atomic mass is 10.1. The number of hydrogen-bond donors (Lipinski definition) is 2. The van der Waals surface area contributed by atoms with Crippen LogP contribution in [0.5, 0.6) is 0 Å². The number of nitrogens with two attached hydrogens (primary N) is 1. The zero-order valence-corrected chi connectivity index (χ0v) is 9.82. The van der Waals surface area contributed by atoms with E-state index in [0.717, 1.165) is 31.6 Å². The summed E-state index contributed by atoms with van der Waals surface area (Å²) in [5, 5.41) is 3.45. The van der Waals surface area contributed by atoms with Crippen molar-refractivity contribution >= 4 is 5.91 Å². The summed E-state index contributed by atoms with van der Waals surface area (Å²) in [6.45, 7) is 2.31. The Morgan fingerprint density at radius 1 is 1.35 bits per heavy atom. The number of benzene rings is 1. The first-order valence-electron chi connectivity index (χ1n) is 5.96. The lowest BCUT2D eigenvalue weighted by molar-refractivity contribution is 0.0775. The van der Waals surface area contributed by atoms with Gasteiger partial charge in [0, 0.05) is 31.4 Å². The molecule has 0 aromatic heterocycles. The first kappa shape index (κ1) is 12.1. The maximum atomic E-state index is 11.2. The molecule has 0 aliphatic carbocycles. The fraction of sp³-hybridized carbons (Fsp3) is 0.462. The summed E-state index contributed by atoms with van der Waals surface area (Å²) in [5.74, 6) is -0.366. The Morgan fingerprint density at radius 2 is 2.06 bits per heavy atom. The van der Waals surface area contributed by atoms with Crippen molar-refractivity contribution in [2.45, 2.75) is 25.4 Å². The van der Waals surface area contributed by atoms with E-state index in [1.54, 1.807) is 6.07 Å². The van der Waals surface area contributed by atoms with Gasteiger partial charge in [-0.05, 0) is 24.5 Å². The number of carbonyl (C=O) groups excluding carboxylic acids is 1. The SMILES string of the molecule is NC(=O)c1ccccc1CNC1CCOCC1. The van der Waals surface area contributed by atoms with Gasteiger partial charge >= 0.3 is 0 Å². The number of primary amides is 1. The zero-order chi connectivity index (χ0) is 12.1. The van der Waals surface area contributed by atoms with Crippen molar-refractivity contribution < 1.29 is 9.53 Å². The molecule has 1 amide bonds. The number of ether oxygens (including phenoxy) is 1. The Morgan fingerprint density at radius 3 is 2.76 bits per heavy atom. The maximum absolute atomic E-state index is 11.2. The third-order valence-electron chi connectivity index (χ3n) is 3.09. The van der Waals surface area contributed by atoms with Gasteiger partial charge in [-0.15, -0.1) is 0 Å². The van der Waals surface area contributed by atoms with Crippen molar-refractivity contribution in [3.8, 4) is 0 Å². The molecule has 0 saturated carbocycles. The fourth-order valence-corrected chi connectivity index (χ4v) is 2.07. The monoisotopic (exact) mass is 234 g/mol. The molecule has 0 bridgehead atoms. The van der Waals surface area contributed by atoms with Gasteiger partial charge in [-0.1, -0.05) is 18.2 Å². The van der Waals surface area contributed by atoms with Gasteiger partial charge in [0.25, 0.3) is 0 Å². The van der Waals surface area contributed by atoms with Gasteiger partial charge in [0.1, 0.15) is 0 Å². The number of amides is 1. The van der Waals surface area contributed by atoms with Gasteiger partial charge in [-0.3, -0.25) is 4.79 Å². The predicted molar refractivity (Wildman–Crippen MR) is 65.6 cm³/mol. The molecule has 2 rings (SSSR count). The molecule has 1 fully saturated rings. The Labute approximate surface area is 101 Å². The second-order valence-corrected chi connectivity index (χ2v) is 4.29. The molecule has 4 nitrogen and oxygen atoms in total. The lowest BCUT2D eigenvalue weighted by Crippen LogP contribution is -2.34. The highest BCUT2D eigenvalue weighted by Gasteiger charge is 2.14. The minimum Gasteiger partial charge on any atom is -0.381 e. The summed E-state index contributed by atoms with van der Waals surface area (Å²) in [6.07, 6.45) is 2.05. The van der Waals surface area contributed by atoms with Crippen LogP contribution in [0.2, 0.25) is 0 Å². The number of rotatable bonds is 4. The molecule has 4 heteroatoms. The maximum Gasteiger partial charge on any atom is 0.249 e. The first-order valence-corrected chi connectivity index (χ1v) is 5.96. The van der Waals surface area contributed by atoms with E-state index in [1.165, 1.54) is 0 Å². The topological polar surface area (TPSA) is 64.4 Å². The summed E-state index contributed by atoms with van der Waals surface area (Å²) < 4.78 is 5.30. The quantitative estimate of drug-likeness (QED) is 0.818. The molecule has 0 unspecified atom stereocenters. The van der Waals surface area contributed by atoms with Gasteiger partial charge < -0.3 is 15.8 Å². The summed E-state index contributed by atoms with van der Waals surface area (Å²) in [7, 11) is 0. The van der Waals surface area contributed by atoms with E-state index in [9.17, 15) is 4.79 Å². The van der Waals surface area contributed by atoms with Crippen molar-refractivity contribution in [3.05, 3.63) is 35.4 Å². The number of carbonyl (C=O) groups is 1. The van der Waals surface area contributed by atoms with Crippen LogP contribution >= 0.6 is 0 Å². The Kier molecular flexibility index (Phi) is 4.12. The van der Waals surface area contributed by atoms with Crippen LogP contribution in [0.25, 0.3) is 0 Å². The van der Waals surface area contributed by atoms with Crippen molar-refractivity contribution in [1.82, 2.24) is 5.32 Å². The van der Waals surface area contributed by atoms with Crippen LogP contribution in [0.1, 0.15) is 28.8 Å². The average molecular weight is 234 g/mol. The zero-order valence-electron chi connectivity index (χ0n) is 9.82. The van der Waals surface area contributed by atoms with Crippen molar-refractivity contribution in [1.29, 1.82) is 0 Å². The molecular weight excluding hydrogens is 216 g/mol. The minimum atomic E-state index is -0.366. The highest BCUT2D eigenvalue weighted by atomic mass is 16.5.